The van der Waals surface area contributed by atoms with Gasteiger partial charge in [-0.15, -0.1) is 0 Å². The van der Waals surface area contributed by atoms with Crippen LogP contribution in [0.5, 0.6) is 23.0 Å². The van der Waals surface area contributed by atoms with Crippen LogP contribution in [0.25, 0.3) is 22.1 Å². The van der Waals surface area contributed by atoms with Gasteiger partial charge in [0.25, 0.3) is 0 Å². The van der Waals surface area contributed by atoms with Crippen LogP contribution in [0.3, 0.4) is 0 Å². The molecule has 9 heteroatoms. The Morgan fingerprint density at radius 3 is 2.32 bits per heavy atom. The van der Waals surface area contributed by atoms with Gasteiger partial charge in [-0.05, 0) is 24.3 Å². The van der Waals surface area contributed by atoms with Crippen molar-refractivity contribution in [3.63, 3.8) is 0 Å². The summed E-state index contributed by atoms with van der Waals surface area (Å²) in [6.45, 7) is 0. The maximum Gasteiger partial charge on any atom is 0.374 e. The molecule has 4 aromatic rings. The van der Waals surface area contributed by atoms with Gasteiger partial charge in [0.1, 0.15) is 34.0 Å². The minimum Gasteiger partial charge on any atom is -0.508 e. The van der Waals surface area contributed by atoms with E-state index in [1.807, 2.05) is 0 Å². The summed E-state index contributed by atoms with van der Waals surface area (Å²) >= 11 is 0. The molecule has 0 aliphatic heterocycles. The fraction of sp³-hybridized carbons (Fsp3) is 0.0800. The first-order valence-electron chi connectivity index (χ1n) is 9.90. The zero-order chi connectivity index (χ0) is 24.4. The fourth-order valence-electron chi connectivity index (χ4n) is 3.42. The van der Waals surface area contributed by atoms with Crippen LogP contribution in [0.15, 0.2) is 69.9 Å². The lowest BCUT2D eigenvalue weighted by atomic mass is 10.00. The van der Waals surface area contributed by atoms with Crippen LogP contribution in [0.4, 0.5) is 0 Å². The van der Waals surface area contributed by atoms with Crippen LogP contribution < -0.4 is 14.9 Å². The number of phenols is 2. The van der Waals surface area contributed by atoms with Crippen LogP contribution in [-0.4, -0.2) is 36.4 Å². The number of phenolic OH excluding ortho intramolecular Hbond substituents is 2. The largest absolute Gasteiger partial charge is 0.508 e. The summed E-state index contributed by atoms with van der Waals surface area (Å²) < 4.78 is 21.1. The van der Waals surface area contributed by atoms with E-state index in [0.29, 0.717) is 5.75 Å². The van der Waals surface area contributed by atoms with Gasteiger partial charge >= 0.3 is 11.9 Å². The second kappa shape index (κ2) is 8.99. The molecule has 34 heavy (non-hydrogen) atoms. The predicted molar refractivity (Wildman–Crippen MR) is 121 cm³/mol. The molecule has 0 saturated carbocycles. The number of esters is 2. The summed E-state index contributed by atoms with van der Waals surface area (Å²) in [6.07, 6.45) is 0. The highest BCUT2D eigenvalue weighted by Gasteiger charge is 2.27. The molecule has 1 heterocycles. The van der Waals surface area contributed by atoms with Crippen LogP contribution in [0.1, 0.15) is 20.9 Å². The molecule has 0 aliphatic carbocycles. The Morgan fingerprint density at radius 2 is 1.65 bits per heavy atom. The Balaban J connectivity index is 2.00. The average molecular weight is 462 g/mol. The van der Waals surface area contributed by atoms with Crippen molar-refractivity contribution in [3.05, 3.63) is 82.2 Å². The second-order valence-corrected chi connectivity index (χ2v) is 7.08. The molecule has 0 bridgehead atoms. The van der Waals surface area contributed by atoms with E-state index in [9.17, 15) is 24.6 Å². The normalized spacial score (nSPS) is 10.6. The first-order valence-corrected chi connectivity index (χ1v) is 9.90. The van der Waals surface area contributed by atoms with Crippen molar-refractivity contribution in [1.82, 2.24) is 0 Å². The number of carbonyl (C=O) groups excluding carboxylic acids is 2. The smallest absolute Gasteiger partial charge is 0.374 e. The Morgan fingerprint density at radius 1 is 0.912 bits per heavy atom. The first kappa shape index (κ1) is 22.4. The quantitative estimate of drug-likeness (QED) is 0.335. The topological polar surface area (TPSA) is 132 Å². The molecule has 3 aromatic carbocycles. The number of aromatic hydroxyl groups is 2. The predicted octanol–water partition coefficient (Wildman–Crippen LogP) is 3.89. The Bertz CT molecular complexity index is 1470. The number of methoxy groups -OCH3 is 2. The van der Waals surface area contributed by atoms with E-state index in [1.165, 1.54) is 25.3 Å². The van der Waals surface area contributed by atoms with Gasteiger partial charge in [0.2, 0.25) is 11.2 Å². The number of hydrogen-bond acceptors (Lipinski definition) is 9. The van der Waals surface area contributed by atoms with Crippen molar-refractivity contribution in [2.24, 2.45) is 0 Å². The van der Waals surface area contributed by atoms with Crippen molar-refractivity contribution < 1.29 is 38.4 Å². The van der Waals surface area contributed by atoms with Gasteiger partial charge in [0, 0.05) is 23.8 Å². The van der Waals surface area contributed by atoms with Gasteiger partial charge < -0.3 is 28.8 Å². The number of benzene rings is 3. The molecule has 0 unspecified atom stereocenters. The van der Waals surface area contributed by atoms with Gasteiger partial charge in [-0.25, -0.2) is 9.59 Å². The fourth-order valence-corrected chi connectivity index (χ4v) is 3.42. The monoisotopic (exact) mass is 462 g/mol. The molecule has 0 saturated heterocycles. The van der Waals surface area contributed by atoms with Gasteiger partial charge in [-0.1, -0.05) is 18.2 Å². The molecule has 1 aromatic heterocycles. The van der Waals surface area contributed by atoms with Crippen molar-refractivity contribution >= 4 is 22.9 Å². The number of fused-ring (bicyclic) bond motifs is 1. The third-order valence-corrected chi connectivity index (χ3v) is 5.00. The standard InChI is InChI=1S/C25H18O9/c1-31-15-8-9-16(18(12-15)34-24(29)13-6-4-3-5-7-13)20-22(28)21-17(27)10-14(26)11-19(21)33-23(20)25(30)32-2/h3-12,26-27H,1-2H3. The van der Waals surface area contributed by atoms with E-state index in [1.54, 1.807) is 30.3 Å². The van der Waals surface area contributed by atoms with Crippen LogP contribution in [-0.2, 0) is 4.74 Å². The van der Waals surface area contributed by atoms with Crippen molar-refractivity contribution in [2.45, 2.75) is 0 Å². The minimum atomic E-state index is -0.993. The van der Waals surface area contributed by atoms with E-state index >= 15 is 0 Å². The first-order chi connectivity index (χ1) is 16.3. The molecule has 4 rings (SSSR count). The van der Waals surface area contributed by atoms with E-state index in [4.69, 9.17) is 18.6 Å². The number of hydrogen-bond donors (Lipinski definition) is 2. The molecular formula is C25H18O9. The summed E-state index contributed by atoms with van der Waals surface area (Å²) in [4.78, 5) is 38.8. The summed E-state index contributed by atoms with van der Waals surface area (Å²) in [5.41, 5.74) is -1.07. The molecule has 0 radical (unpaired) electrons. The lowest BCUT2D eigenvalue weighted by molar-refractivity contribution is 0.0567. The molecule has 0 fully saturated rings. The molecule has 0 spiro atoms. The summed E-state index contributed by atoms with van der Waals surface area (Å²) in [6, 6.07) is 14.5. The van der Waals surface area contributed by atoms with Crippen molar-refractivity contribution in [3.8, 4) is 34.1 Å². The van der Waals surface area contributed by atoms with Gasteiger partial charge in [0.05, 0.1) is 25.3 Å². The average Bonchev–Trinajstić information content (AvgIpc) is 2.83. The SMILES string of the molecule is COC(=O)c1oc2cc(O)cc(O)c2c(=O)c1-c1ccc(OC)cc1OC(=O)c1ccccc1. The number of ether oxygens (including phenoxy) is 3. The maximum absolute atomic E-state index is 13.5. The highest BCUT2D eigenvalue weighted by atomic mass is 16.5. The zero-order valence-corrected chi connectivity index (χ0v) is 18.0. The highest BCUT2D eigenvalue weighted by molar-refractivity contribution is 6.00. The highest BCUT2D eigenvalue weighted by Crippen LogP contribution is 2.37. The van der Waals surface area contributed by atoms with Crippen LogP contribution >= 0.6 is 0 Å². The molecule has 9 nitrogen and oxygen atoms in total. The molecule has 0 amide bonds. The third-order valence-electron chi connectivity index (χ3n) is 5.00. The summed E-state index contributed by atoms with van der Waals surface area (Å²) in [5, 5.41) is 19.8. The Labute approximate surface area is 192 Å². The van der Waals surface area contributed by atoms with Crippen LogP contribution in [0.2, 0.25) is 0 Å². The zero-order valence-electron chi connectivity index (χ0n) is 18.0. The summed E-state index contributed by atoms with van der Waals surface area (Å²) in [5.74, 6) is -2.93. The number of rotatable bonds is 5. The molecular weight excluding hydrogens is 444 g/mol. The van der Waals surface area contributed by atoms with Gasteiger partial charge in [-0.2, -0.15) is 0 Å². The number of carbonyl (C=O) groups is 2. The van der Waals surface area contributed by atoms with Crippen molar-refractivity contribution in [2.75, 3.05) is 14.2 Å². The second-order valence-electron chi connectivity index (χ2n) is 7.08. The molecule has 2 N–H and O–H groups in total. The summed E-state index contributed by atoms with van der Waals surface area (Å²) in [7, 11) is 2.51. The Kier molecular flexibility index (Phi) is 5.92. The van der Waals surface area contributed by atoms with Crippen molar-refractivity contribution in [1.29, 1.82) is 0 Å². The van der Waals surface area contributed by atoms with E-state index in [2.05, 4.69) is 0 Å². The molecule has 172 valence electrons. The van der Waals surface area contributed by atoms with E-state index in [0.717, 1.165) is 19.2 Å². The Hall–Kier alpha value is -4.79. The minimum absolute atomic E-state index is 0.0219. The van der Waals surface area contributed by atoms with Crippen LogP contribution in [0, 0.1) is 0 Å². The maximum atomic E-state index is 13.5. The van der Waals surface area contributed by atoms with Gasteiger partial charge in [-0.3, -0.25) is 4.79 Å². The third kappa shape index (κ3) is 4.02. The lowest BCUT2D eigenvalue weighted by Gasteiger charge is -2.14. The van der Waals surface area contributed by atoms with Gasteiger partial charge in [0.15, 0.2) is 0 Å². The lowest BCUT2D eigenvalue weighted by Crippen LogP contribution is -2.16. The molecule has 0 aliphatic rings. The van der Waals surface area contributed by atoms with E-state index < -0.39 is 28.9 Å². The van der Waals surface area contributed by atoms with E-state index in [-0.39, 0.29) is 39.2 Å². The molecule has 0 atom stereocenters.